The predicted octanol–water partition coefficient (Wildman–Crippen LogP) is 4.20. The normalized spacial score (nSPS) is 15.2. The summed E-state index contributed by atoms with van der Waals surface area (Å²) in [5, 5.41) is 14.0. The van der Waals surface area contributed by atoms with E-state index in [-0.39, 0.29) is 11.5 Å². The van der Waals surface area contributed by atoms with Gasteiger partial charge in [0.05, 0.1) is 28.8 Å². The molecule has 0 aliphatic heterocycles. The van der Waals surface area contributed by atoms with E-state index in [2.05, 4.69) is 11.2 Å². The minimum atomic E-state index is -0.133. The van der Waals surface area contributed by atoms with Crippen LogP contribution in [-0.2, 0) is 0 Å². The van der Waals surface area contributed by atoms with E-state index < -0.39 is 0 Å². The molecule has 0 bridgehead atoms. The fraction of sp³-hybridized carbons (Fsp3) is 0.273. The third-order valence-corrected chi connectivity index (χ3v) is 5.11. The molecular weight excluding hydrogens is 336 g/mol. The molecule has 1 aromatic heterocycles. The third kappa shape index (κ3) is 3.52. The number of aromatic nitrogens is 2. The van der Waals surface area contributed by atoms with Gasteiger partial charge in [-0.25, -0.2) is 4.98 Å². The van der Waals surface area contributed by atoms with Crippen LogP contribution in [0, 0.1) is 11.3 Å². The first-order chi connectivity index (χ1) is 13.3. The lowest BCUT2D eigenvalue weighted by Crippen LogP contribution is -2.25. The number of para-hydroxylation sites is 1. The topological polar surface area (TPSA) is 71.0 Å². The van der Waals surface area contributed by atoms with Gasteiger partial charge in [-0.3, -0.25) is 4.79 Å². The average molecular weight is 356 g/mol. The van der Waals surface area contributed by atoms with Crippen LogP contribution in [0.1, 0.15) is 55.0 Å². The Morgan fingerprint density at radius 3 is 2.56 bits per heavy atom. The fourth-order valence-electron chi connectivity index (χ4n) is 3.65. The summed E-state index contributed by atoms with van der Waals surface area (Å²) in [5.74, 6) is 1.01. The smallest absolute Gasteiger partial charge is 0.267 e. The van der Waals surface area contributed by atoms with Crippen LogP contribution in [-0.4, -0.2) is 15.9 Å². The second-order valence-electron chi connectivity index (χ2n) is 6.92. The third-order valence-electron chi connectivity index (χ3n) is 5.11. The van der Waals surface area contributed by atoms with Crippen molar-refractivity contribution in [3.8, 4) is 6.07 Å². The molecule has 1 aliphatic rings. The zero-order valence-corrected chi connectivity index (χ0v) is 15.0. The molecule has 0 saturated heterocycles. The van der Waals surface area contributed by atoms with Crippen molar-refractivity contribution < 1.29 is 0 Å². The number of nitrogens with zero attached hydrogens (tertiary/aromatic N) is 4. The van der Waals surface area contributed by atoms with Gasteiger partial charge in [-0.05, 0) is 42.7 Å². The van der Waals surface area contributed by atoms with E-state index in [0.717, 1.165) is 42.6 Å². The van der Waals surface area contributed by atoms with Crippen molar-refractivity contribution in [2.24, 2.45) is 5.10 Å². The van der Waals surface area contributed by atoms with E-state index in [4.69, 9.17) is 10.2 Å². The molecule has 0 atom stereocenters. The molecule has 0 spiro atoms. The maximum absolute atomic E-state index is 13.1. The molecule has 0 radical (unpaired) electrons. The Hall–Kier alpha value is -3.26. The molecule has 0 unspecified atom stereocenters. The summed E-state index contributed by atoms with van der Waals surface area (Å²) in [4.78, 5) is 17.9. The summed E-state index contributed by atoms with van der Waals surface area (Å²) in [5.41, 5.74) is 2.03. The summed E-state index contributed by atoms with van der Waals surface area (Å²) in [6, 6.07) is 16.7. The summed E-state index contributed by atoms with van der Waals surface area (Å²) in [7, 11) is 0. The molecule has 1 heterocycles. The Labute approximate surface area is 157 Å². The highest BCUT2D eigenvalue weighted by Crippen LogP contribution is 2.31. The number of fused-ring (bicyclic) bond motifs is 1. The van der Waals surface area contributed by atoms with Gasteiger partial charge in [-0.2, -0.15) is 15.0 Å². The fourth-order valence-corrected chi connectivity index (χ4v) is 3.65. The van der Waals surface area contributed by atoms with E-state index in [1.807, 2.05) is 30.3 Å². The summed E-state index contributed by atoms with van der Waals surface area (Å²) < 4.78 is 1.47. The highest BCUT2D eigenvalue weighted by atomic mass is 16.1. The number of nitriles is 1. The van der Waals surface area contributed by atoms with E-state index in [1.54, 1.807) is 24.4 Å². The van der Waals surface area contributed by atoms with Crippen LogP contribution in [0.5, 0.6) is 0 Å². The molecule has 4 rings (SSSR count). The Balaban J connectivity index is 1.81. The number of hydrogen-bond acceptors (Lipinski definition) is 4. The first-order valence-electron chi connectivity index (χ1n) is 9.32. The quantitative estimate of drug-likeness (QED) is 0.660. The molecule has 134 valence electrons. The first-order valence-corrected chi connectivity index (χ1v) is 9.32. The van der Waals surface area contributed by atoms with E-state index in [9.17, 15) is 4.79 Å². The predicted molar refractivity (Wildman–Crippen MR) is 106 cm³/mol. The van der Waals surface area contributed by atoms with Crippen LogP contribution >= 0.6 is 0 Å². The Morgan fingerprint density at radius 2 is 1.81 bits per heavy atom. The van der Waals surface area contributed by atoms with E-state index >= 15 is 0 Å². The van der Waals surface area contributed by atoms with Gasteiger partial charge in [-0.1, -0.05) is 43.5 Å². The van der Waals surface area contributed by atoms with Crippen molar-refractivity contribution in [1.82, 2.24) is 9.66 Å². The van der Waals surface area contributed by atoms with Gasteiger partial charge in [0.15, 0.2) is 0 Å². The SMILES string of the molecule is N#Cc1ccc(C=Nn2c(C3CCCCC3)nc3ccccc3c2=O)cc1. The minimum absolute atomic E-state index is 0.133. The molecule has 1 aliphatic carbocycles. The van der Waals surface area contributed by atoms with E-state index in [1.165, 1.54) is 11.1 Å². The van der Waals surface area contributed by atoms with Crippen molar-refractivity contribution in [3.05, 3.63) is 75.8 Å². The molecule has 5 heteroatoms. The summed E-state index contributed by atoms with van der Waals surface area (Å²) in [6.45, 7) is 0. The van der Waals surface area contributed by atoms with Crippen LogP contribution in [0.3, 0.4) is 0 Å². The van der Waals surface area contributed by atoms with Gasteiger partial charge in [0.1, 0.15) is 5.82 Å². The van der Waals surface area contributed by atoms with Gasteiger partial charge in [-0.15, -0.1) is 0 Å². The van der Waals surface area contributed by atoms with Crippen molar-refractivity contribution >= 4 is 17.1 Å². The molecule has 5 nitrogen and oxygen atoms in total. The molecule has 1 fully saturated rings. The lowest BCUT2D eigenvalue weighted by atomic mass is 9.88. The van der Waals surface area contributed by atoms with Gasteiger partial charge in [0, 0.05) is 5.92 Å². The van der Waals surface area contributed by atoms with Crippen LogP contribution in [0.25, 0.3) is 10.9 Å². The Morgan fingerprint density at radius 1 is 1.07 bits per heavy atom. The second-order valence-corrected chi connectivity index (χ2v) is 6.92. The molecule has 3 aromatic rings. The molecule has 0 N–H and O–H groups in total. The van der Waals surface area contributed by atoms with E-state index in [0.29, 0.717) is 10.9 Å². The van der Waals surface area contributed by atoms with Crippen LogP contribution < -0.4 is 5.56 Å². The van der Waals surface area contributed by atoms with Crippen molar-refractivity contribution in [2.45, 2.75) is 38.0 Å². The zero-order valence-electron chi connectivity index (χ0n) is 15.0. The summed E-state index contributed by atoms with van der Waals surface area (Å²) >= 11 is 0. The monoisotopic (exact) mass is 356 g/mol. The Bertz CT molecular complexity index is 1080. The van der Waals surface area contributed by atoms with Crippen molar-refractivity contribution in [2.75, 3.05) is 0 Å². The number of hydrogen-bond donors (Lipinski definition) is 0. The van der Waals surface area contributed by atoms with Crippen LogP contribution in [0.15, 0.2) is 58.4 Å². The number of rotatable bonds is 3. The van der Waals surface area contributed by atoms with Gasteiger partial charge >= 0.3 is 0 Å². The van der Waals surface area contributed by atoms with Gasteiger partial charge in [0.25, 0.3) is 5.56 Å². The van der Waals surface area contributed by atoms with Gasteiger partial charge < -0.3 is 0 Å². The van der Waals surface area contributed by atoms with Crippen LogP contribution in [0.4, 0.5) is 0 Å². The Kier molecular flexibility index (Phi) is 4.80. The summed E-state index contributed by atoms with van der Waals surface area (Å²) in [6.07, 6.45) is 7.29. The molecule has 27 heavy (non-hydrogen) atoms. The largest absolute Gasteiger partial charge is 0.282 e. The van der Waals surface area contributed by atoms with Gasteiger partial charge in [0.2, 0.25) is 0 Å². The molecule has 2 aromatic carbocycles. The molecule has 1 saturated carbocycles. The highest BCUT2D eigenvalue weighted by molar-refractivity contribution is 5.80. The minimum Gasteiger partial charge on any atom is -0.267 e. The maximum Gasteiger partial charge on any atom is 0.282 e. The first kappa shape index (κ1) is 17.2. The number of benzene rings is 2. The van der Waals surface area contributed by atoms with Crippen molar-refractivity contribution in [3.63, 3.8) is 0 Å². The average Bonchev–Trinajstić information content (AvgIpc) is 2.74. The second kappa shape index (κ2) is 7.55. The zero-order chi connectivity index (χ0) is 18.6. The highest BCUT2D eigenvalue weighted by Gasteiger charge is 2.22. The maximum atomic E-state index is 13.1. The lowest BCUT2D eigenvalue weighted by molar-refractivity contribution is 0.416. The molecular formula is C22H20N4O. The standard InChI is InChI=1S/C22H20N4O/c23-14-16-10-12-17(13-11-16)15-24-26-21(18-6-2-1-3-7-18)25-20-9-5-4-8-19(20)22(26)27/h4-5,8-13,15,18H,1-3,6-7H2. The van der Waals surface area contributed by atoms with Crippen LogP contribution in [0.2, 0.25) is 0 Å². The van der Waals surface area contributed by atoms with Crippen molar-refractivity contribution in [1.29, 1.82) is 5.26 Å². The lowest BCUT2D eigenvalue weighted by Gasteiger charge is -2.22. The molecule has 0 amide bonds.